The molecule has 0 spiro atoms. The summed E-state index contributed by atoms with van der Waals surface area (Å²) in [5.41, 5.74) is 6.62. The van der Waals surface area contributed by atoms with Crippen LogP contribution >= 0.6 is 0 Å². The lowest BCUT2D eigenvalue weighted by Crippen LogP contribution is -2.30. The van der Waals surface area contributed by atoms with Crippen molar-refractivity contribution >= 4 is 0 Å². The van der Waals surface area contributed by atoms with Gasteiger partial charge in [0.2, 0.25) is 0 Å². The van der Waals surface area contributed by atoms with Crippen LogP contribution in [0.25, 0.3) is 0 Å². The number of hydrogen-bond donors (Lipinski definition) is 1. The molecule has 4 nitrogen and oxygen atoms in total. The number of hydrogen-bond acceptors (Lipinski definition) is 3. The zero-order valence-corrected chi connectivity index (χ0v) is 8.03. The number of fused-ring (bicyclic) bond motifs is 1. The smallest absolute Gasteiger partial charge is 0.123 e. The van der Waals surface area contributed by atoms with Crippen LogP contribution in [-0.2, 0) is 19.5 Å². The minimum absolute atomic E-state index is 0.687. The summed E-state index contributed by atoms with van der Waals surface area (Å²) in [6.45, 7) is 3.83. The van der Waals surface area contributed by atoms with Crippen LogP contribution in [0, 0.1) is 0 Å². The molecule has 0 bridgehead atoms. The third-order valence-corrected chi connectivity index (χ3v) is 2.44. The molecule has 1 aromatic heterocycles. The number of aromatic nitrogens is 2. The standard InChI is InChI=1S/C9H16N4/c1-12-4-5-13-6-8(2-3-10)11-9(13)7-12/h6H,2-5,7,10H2,1H3. The zero-order valence-electron chi connectivity index (χ0n) is 8.03. The minimum atomic E-state index is 0.687. The molecule has 0 saturated heterocycles. The first-order chi connectivity index (χ1) is 6.29. The SMILES string of the molecule is CN1CCn2cc(CCN)nc2C1. The highest BCUT2D eigenvalue weighted by Gasteiger charge is 2.14. The molecule has 1 aromatic rings. The van der Waals surface area contributed by atoms with Gasteiger partial charge in [-0.05, 0) is 13.6 Å². The van der Waals surface area contributed by atoms with Gasteiger partial charge in [0.15, 0.2) is 0 Å². The third kappa shape index (κ3) is 1.73. The minimum Gasteiger partial charge on any atom is -0.332 e. The van der Waals surface area contributed by atoms with Gasteiger partial charge in [0.1, 0.15) is 5.82 Å². The van der Waals surface area contributed by atoms with Crippen molar-refractivity contribution in [2.75, 3.05) is 20.1 Å². The fourth-order valence-electron chi connectivity index (χ4n) is 1.70. The highest BCUT2D eigenvalue weighted by Crippen LogP contribution is 2.11. The van der Waals surface area contributed by atoms with Crippen LogP contribution in [0.3, 0.4) is 0 Å². The van der Waals surface area contributed by atoms with Gasteiger partial charge < -0.3 is 10.3 Å². The second-order valence-corrected chi connectivity index (χ2v) is 3.62. The molecule has 0 unspecified atom stereocenters. The maximum Gasteiger partial charge on any atom is 0.123 e. The van der Waals surface area contributed by atoms with Crippen LogP contribution in [0.15, 0.2) is 6.20 Å². The van der Waals surface area contributed by atoms with Crippen LogP contribution in [0.2, 0.25) is 0 Å². The van der Waals surface area contributed by atoms with E-state index in [1.165, 1.54) is 5.82 Å². The Kier molecular flexibility index (Phi) is 2.33. The third-order valence-electron chi connectivity index (χ3n) is 2.44. The van der Waals surface area contributed by atoms with E-state index in [-0.39, 0.29) is 0 Å². The number of nitrogens with zero attached hydrogens (tertiary/aromatic N) is 3. The summed E-state index contributed by atoms with van der Waals surface area (Å²) < 4.78 is 2.24. The summed E-state index contributed by atoms with van der Waals surface area (Å²) in [6, 6.07) is 0. The lowest BCUT2D eigenvalue weighted by atomic mass is 10.3. The van der Waals surface area contributed by atoms with Crippen LogP contribution in [-0.4, -0.2) is 34.6 Å². The molecule has 0 aromatic carbocycles. The molecule has 13 heavy (non-hydrogen) atoms. The molecule has 2 rings (SSSR count). The van der Waals surface area contributed by atoms with Crippen molar-refractivity contribution in [3.8, 4) is 0 Å². The zero-order chi connectivity index (χ0) is 9.26. The first kappa shape index (κ1) is 8.72. The van der Waals surface area contributed by atoms with E-state index in [0.717, 1.165) is 31.7 Å². The van der Waals surface area contributed by atoms with Gasteiger partial charge in [0.25, 0.3) is 0 Å². The van der Waals surface area contributed by atoms with Crippen LogP contribution in [0.1, 0.15) is 11.5 Å². The highest BCUT2D eigenvalue weighted by atomic mass is 15.2. The first-order valence-electron chi connectivity index (χ1n) is 4.73. The van der Waals surface area contributed by atoms with Crippen molar-refractivity contribution in [2.24, 2.45) is 5.73 Å². The van der Waals surface area contributed by atoms with E-state index in [2.05, 4.69) is 27.7 Å². The molecule has 2 N–H and O–H groups in total. The second-order valence-electron chi connectivity index (χ2n) is 3.62. The second kappa shape index (κ2) is 3.47. The lowest BCUT2D eigenvalue weighted by Gasteiger charge is -2.22. The summed E-state index contributed by atoms with van der Waals surface area (Å²) in [7, 11) is 2.13. The summed E-state index contributed by atoms with van der Waals surface area (Å²) in [4.78, 5) is 6.82. The Morgan fingerprint density at radius 1 is 1.54 bits per heavy atom. The van der Waals surface area contributed by atoms with Crippen LogP contribution in [0.5, 0.6) is 0 Å². The van der Waals surface area contributed by atoms with Gasteiger partial charge in [-0.3, -0.25) is 4.90 Å². The Bertz CT molecular complexity index is 292. The summed E-state index contributed by atoms with van der Waals surface area (Å²) >= 11 is 0. The number of nitrogens with two attached hydrogens (primary N) is 1. The van der Waals surface area contributed by atoms with E-state index in [4.69, 9.17) is 5.73 Å². The van der Waals surface area contributed by atoms with E-state index < -0.39 is 0 Å². The number of imidazole rings is 1. The molecule has 1 aliphatic rings. The molecule has 4 heteroatoms. The number of likely N-dealkylation sites (N-methyl/N-ethyl adjacent to an activating group) is 1. The Morgan fingerprint density at radius 2 is 2.38 bits per heavy atom. The molecule has 2 heterocycles. The van der Waals surface area contributed by atoms with Gasteiger partial charge in [-0.15, -0.1) is 0 Å². The Balaban J connectivity index is 2.18. The van der Waals surface area contributed by atoms with E-state index in [9.17, 15) is 0 Å². The highest BCUT2D eigenvalue weighted by molar-refractivity contribution is 5.06. The largest absolute Gasteiger partial charge is 0.332 e. The number of rotatable bonds is 2. The lowest BCUT2D eigenvalue weighted by molar-refractivity contribution is 0.264. The van der Waals surface area contributed by atoms with Crippen molar-refractivity contribution in [3.05, 3.63) is 17.7 Å². The predicted octanol–water partition coefficient (Wildman–Crippen LogP) is -0.170. The van der Waals surface area contributed by atoms with Gasteiger partial charge in [-0.2, -0.15) is 0 Å². The van der Waals surface area contributed by atoms with E-state index >= 15 is 0 Å². The van der Waals surface area contributed by atoms with E-state index in [0.29, 0.717) is 6.54 Å². The fraction of sp³-hybridized carbons (Fsp3) is 0.667. The van der Waals surface area contributed by atoms with Crippen molar-refractivity contribution in [1.29, 1.82) is 0 Å². The monoisotopic (exact) mass is 180 g/mol. The average molecular weight is 180 g/mol. The molecule has 0 fully saturated rings. The fourth-order valence-corrected chi connectivity index (χ4v) is 1.70. The van der Waals surface area contributed by atoms with Crippen LogP contribution < -0.4 is 5.73 Å². The predicted molar refractivity (Wildman–Crippen MR) is 51.3 cm³/mol. The van der Waals surface area contributed by atoms with E-state index in [1.807, 2.05) is 0 Å². The molecule has 0 amide bonds. The van der Waals surface area contributed by atoms with Crippen molar-refractivity contribution in [1.82, 2.24) is 14.5 Å². The molecular formula is C9H16N4. The molecule has 72 valence electrons. The Hall–Kier alpha value is -0.870. The van der Waals surface area contributed by atoms with Crippen molar-refractivity contribution in [2.45, 2.75) is 19.5 Å². The topological polar surface area (TPSA) is 47.1 Å². The van der Waals surface area contributed by atoms with Crippen molar-refractivity contribution in [3.63, 3.8) is 0 Å². The first-order valence-corrected chi connectivity index (χ1v) is 4.73. The summed E-state index contributed by atoms with van der Waals surface area (Å²) in [5.74, 6) is 1.18. The summed E-state index contributed by atoms with van der Waals surface area (Å²) in [5, 5.41) is 0. The molecular weight excluding hydrogens is 164 g/mol. The summed E-state index contributed by atoms with van der Waals surface area (Å²) in [6.07, 6.45) is 3.03. The molecule has 0 atom stereocenters. The normalized spacial score (nSPS) is 17.4. The molecule has 1 aliphatic heterocycles. The maximum atomic E-state index is 5.49. The van der Waals surface area contributed by atoms with Gasteiger partial charge >= 0.3 is 0 Å². The Morgan fingerprint density at radius 3 is 3.15 bits per heavy atom. The molecule has 0 aliphatic carbocycles. The maximum absolute atomic E-state index is 5.49. The quantitative estimate of drug-likeness (QED) is 0.687. The Labute approximate surface area is 78.4 Å². The van der Waals surface area contributed by atoms with E-state index in [1.54, 1.807) is 0 Å². The van der Waals surface area contributed by atoms with Gasteiger partial charge in [-0.25, -0.2) is 4.98 Å². The van der Waals surface area contributed by atoms with Gasteiger partial charge in [0, 0.05) is 25.7 Å². The molecule has 0 saturated carbocycles. The van der Waals surface area contributed by atoms with Crippen molar-refractivity contribution < 1.29 is 0 Å². The average Bonchev–Trinajstić information content (AvgIpc) is 2.46. The molecule has 0 radical (unpaired) electrons. The van der Waals surface area contributed by atoms with Gasteiger partial charge in [-0.1, -0.05) is 0 Å². The van der Waals surface area contributed by atoms with Crippen LogP contribution in [0.4, 0.5) is 0 Å². The van der Waals surface area contributed by atoms with Gasteiger partial charge in [0.05, 0.1) is 12.2 Å².